The lowest BCUT2D eigenvalue weighted by Crippen LogP contribution is -2.48. The minimum absolute atomic E-state index is 0.00874. The number of piperazine rings is 1. The van der Waals surface area contributed by atoms with Gasteiger partial charge in [0.15, 0.2) is 5.78 Å². The molecule has 1 aliphatic carbocycles. The number of nitrogens with zero attached hydrogens (tertiary/aromatic N) is 3. The monoisotopic (exact) mass is 389 g/mol. The fourth-order valence-electron chi connectivity index (χ4n) is 3.49. The van der Waals surface area contributed by atoms with Crippen LogP contribution in [0.4, 0.5) is 0 Å². The highest BCUT2D eigenvalue weighted by molar-refractivity contribution is 7.13. The fraction of sp³-hybridized carbons (Fsp3) is 0.421. The van der Waals surface area contributed by atoms with Crippen molar-refractivity contribution in [1.29, 1.82) is 0 Å². The summed E-state index contributed by atoms with van der Waals surface area (Å²) in [7, 11) is 0. The number of Topliss-reactive ketones (excluding diaryl/α,β-unsaturated/α-hetero) is 1. The number of ketones is 1. The molecule has 0 N–H and O–H groups in total. The van der Waals surface area contributed by atoms with Gasteiger partial charge in [-0.05, 0) is 25.0 Å². The quantitative estimate of drug-likeness (QED) is 0.808. The van der Waals surface area contributed by atoms with E-state index >= 15 is 0 Å². The molecular formula is C19H20ClN3O2S. The first-order valence-corrected chi connectivity index (χ1v) is 10.1. The summed E-state index contributed by atoms with van der Waals surface area (Å²) in [5.41, 5.74) is 1.54. The Balaban J connectivity index is 1.36. The number of benzene rings is 1. The van der Waals surface area contributed by atoms with Gasteiger partial charge in [0.2, 0.25) is 0 Å². The van der Waals surface area contributed by atoms with Crippen LogP contribution in [0.15, 0.2) is 24.3 Å². The van der Waals surface area contributed by atoms with Crippen LogP contribution in [-0.4, -0.2) is 52.7 Å². The number of fused-ring (bicyclic) bond motifs is 1. The van der Waals surface area contributed by atoms with Crippen molar-refractivity contribution >= 4 is 34.6 Å². The Hall–Kier alpha value is -1.76. The Kier molecular flexibility index (Phi) is 5.07. The molecule has 0 radical (unpaired) electrons. The average Bonchev–Trinajstić information content (AvgIpc) is 3.06. The van der Waals surface area contributed by atoms with Gasteiger partial charge in [0.1, 0.15) is 5.01 Å². The van der Waals surface area contributed by atoms with Gasteiger partial charge in [0, 0.05) is 32.6 Å². The molecule has 0 saturated carbocycles. The molecule has 1 fully saturated rings. The van der Waals surface area contributed by atoms with E-state index in [-0.39, 0.29) is 11.7 Å². The third-order valence-electron chi connectivity index (χ3n) is 4.93. The van der Waals surface area contributed by atoms with Crippen LogP contribution in [0.1, 0.15) is 43.6 Å². The van der Waals surface area contributed by atoms with E-state index in [9.17, 15) is 9.59 Å². The SMILES string of the molecule is O=C1CCCc2nc(CN3CCN(C(=O)c4ccccc4Cl)CC3)sc21. The number of rotatable bonds is 3. The highest BCUT2D eigenvalue weighted by Crippen LogP contribution is 2.27. The summed E-state index contributed by atoms with van der Waals surface area (Å²) in [4.78, 5) is 34.3. The van der Waals surface area contributed by atoms with Crippen molar-refractivity contribution in [3.05, 3.63) is 50.4 Å². The number of carbonyl (C=O) groups is 2. The van der Waals surface area contributed by atoms with Crippen molar-refractivity contribution in [1.82, 2.24) is 14.8 Å². The predicted octanol–water partition coefficient (Wildman–Crippen LogP) is 3.27. The number of carbonyl (C=O) groups excluding carboxylic acids is 2. The van der Waals surface area contributed by atoms with Gasteiger partial charge in [0.05, 0.1) is 27.7 Å². The van der Waals surface area contributed by atoms with Crippen LogP contribution < -0.4 is 0 Å². The summed E-state index contributed by atoms with van der Waals surface area (Å²) >= 11 is 7.69. The van der Waals surface area contributed by atoms with Crippen molar-refractivity contribution in [2.75, 3.05) is 26.2 Å². The number of halogens is 1. The normalized spacial score (nSPS) is 18.0. The first-order chi connectivity index (χ1) is 12.6. The Labute approximate surface area is 161 Å². The molecule has 4 rings (SSSR count). The molecule has 5 nitrogen and oxygen atoms in total. The molecule has 1 aromatic heterocycles. The standard InChI is InChI=1S/C19H20ClN3O2S/c20-14-5-2-1-4-13(14)19(25)23-10-8-22(9-11-23)12-17-21-15-6-3-7-16(24)18(15)26-17/h1-2,4-5H,3,6-12H2. The Bertz CT molecular complexity index is 843. The minimum atomic E-state index is -0.00874. The molecule has 2 aromatic rings. The fourth-order valence-corrected chi connectivity index (χ4v) is 4.83. The van der Waals surface area contributed by atoms with Crippen LogP contribution in [0.25, 0.3) is 0 Å². The molecule has 2 heterocycles. The average molecular weight is 390 g/mol. The molecule has 1 aromatic carbocycles. The zero-order valence-corrected chi connectivity index (χ0v) is 16.0. The maximum absolute atomic E-state index is 12.6. The second-order valence-electron chi connectivity index (χ2n) is 6.71. The minimum Gasteiger partial charge on any atom is -0.336 e. The largest absolute Gasteiger partial charge is 0.336 e. The van der Waals surface area contributed by atoms with E-state index in [0.717, 1.165) is 48.1 Å². The molecule has 0 spiro atoms. The third kappa shape index (κ3) is 3.54. The molecule has 1 aliphatic heterocycles. The van der Waals surface area contributed by atoms with E-state index in [0.29, 0.717) is 30.1 Å². The lowest BCUT2D eigenvalue weighted by Gasteiger charge is -2.34. The van der Waals surface area contributed by atoms with Gasteiger partial charge in [-0.3, -0.25) is 14.5 Å². The highest BCUT2D eigenvalue weighted by atomic mass is 35.5. The number of hydrogen-bond donors (Lipinski definition) is 0. The molecule has 136 valence electrons. The number of aryl methyl sites for hydroxylation is 1. The molecule has 7 heteroatoms. The van der Waals surface area contributed by atoms with E-state index in [1.807, 2.05) is 17.0 Å². The molecule has 0 bridgehead atoms. The Morgan fingerprint density at radius 3 is 2.65 bits per heavy atom. The van der Waals surface area contributed by atoms with Gasteiger partial charge < -0.3 is 4.90 Å². The zero-order valence-electron chi connectivity index (χ0n) is 14.4. The topological polar surface area (TPSA) is 53.5 Å². The third-order valence-corrected chi connectivity index (χ3v) is 6.39. The summed E-state index contributed by atoms with van der Waals surface area (Å²) in [5.74, 6) is 0.232. The van der Waals surface area contributed by atoms with Gasteiger partial charge in [0.25, 0.3) is 5.91 Å². The summed E-state index contributed by atoms with van der Waals surface area (Å²) in [6.07, 6.45) is 2.48. The van der Waals surface area contributed by atoms with E-state index in [2.05, 4.69) is 9.88 Å². The zero-order chi connectivity index (χ0) is 18.1. The van der Waals surface area contributed by atoms with Crippen LogP contribution in [0.2, 0.25) is 5.02 Å². The molecule has 1 amide bonds. The van der Waals surface area contributed by atoms with Crippen molar-refractivity contribution in [3.63, 3.8) is 0 Å². The first-order valence-electron chi connectivity index (χ1n) is 8.90. The summed E-state index contributed by atoms with van der Waals surface area (Å²) < 4.78 is 0. The van der Waals surface area contributed by atoms with E-state index < -0.39 is 0 Å². The lowest BCUT2D eigenvalue weighted by molar-refractivity contribution is 0.0628. The van der Waals surface area contributed by atoms with Crippen molar-refractivity contribution in [3.8, 4) is 0 Å². The van der Waals surface area contributed by atoms with Crippen LogP contribution in [0, 0.1) is 0 Å². The van der Waals surface area contributed by atoms with Gasteiger partial charge in [-0.25, -0.2) is 4.98 Å². The van der Waals surface area contributed by atoms with Gasteiger partial charge in [-0.15, -0.1) is 11.3 Å². The number of amides is 1. The van der Waals surface area contributed by atoms with Crippen molar-refractivity contribution in [2.45, 2.75) is 25.8 Å². The van der Waals surface area contributed by atoms with E-state index in [1.165, 1.54) is 0 Å². The summed E-state index contributed by atoms with van der Waals surface area (Å²) in [5, 5.41) is 1.51. The van der Waals surface area contributed by atoms with E-state index in [1.54, 1.807) is 23.5 Å². The predicted molar refractivity (Wildman–Crippen MR) is 102 cm³/mol. The molecule has 26 heavy (non-hydrogen) atoms. The highest BCUT2D eigenvalue weighted by Gasteiger charge is 2.26. The lowest BCUT2D eigenvalue weighted by atomic mass is 10.0. The number of thiazole rings is 1. The van der Waals surface area contributed by atoms with Crippen LogP contribution in [0.3, 0.4) is 0 Å². The number of hydrogen-bond acceptors (Lipinski definition) is 5. The molecule has 2 aliphatic rings. The van der Waals surface area contributed by atoms with E-state index in [4.69, 9.17) is 11.6 Å². The molecule has 0 unspecified atom stereocenters. The number of aromatic nitrogens is 1. The summed E-state index contributed by atoms with van der Waals surface area (Å²) in [6, 6.07) is 7.18. The maximum atomic E-state index is 12.6. The summed E-state index contributed by atoms with van der Waals surface area (Å²) in [6.45, 7) is 3.70. The van der Waals surface area contributed by atoms with Gasteiger partial charge >= 0.3 is 0 Å². The second kappa shape index (κ2) is 7.47. The maximum Gasteiger partial charge on any atom is 0.255 e. The van der Waals surface area contributed by atoms with Gasteiger partial charge in [-0.1, -0.05) is 23.7 Å². The van der Waals surface area contributed by atoms with Gasteiger partial charge in [-0.2, -0.15) is 0 Å². The Morgan fingerprint density at radius 2 is 1.92 bits per heavy atom. The molecular weight excluding hydrogens is 370 g/mol. The van der Waals surface area contributed by atoms with Crippen molar-refractivity contribution in [2.24, 2.45) is 0 Å². The van der Waals surface area contributed by atoms with Crippen LogP contribution in [0.5, 0.6) is 0 Å². The first kappa shape index (κ1) is 17.6. The Morgan fingerprint density at radius 1 is 1.15 bits per heavy atom. The molecule has 0 atom stereocenters. The van der Waals surface area contributed by atoms with Crippen LogP contribution >= 0.6 is 22.9 Å². The molecule has 1 saturated heterocycles. The second-order valence-corrected chi connectivity index (χ2v) is 8.20. The van der Waals surface area contributed by atoms with Crippen LogP contribution in [-0.2, 0) is 13.0 Å². The van der Waals surface area contributed by atoms with Crippen molar-refractivity contribution < 1.29 is 9.59 Å². The smallest absolute Gasteiger partial charge is 0.255 e.